The molecule has 0 aromatic heterocycles. The van der Waals surface area contributed by atoms with Crippen molar-refractivity contribution in [1.82, 2.24) is 0 Å². The Morgan fingerprint density at radius 1 is 0.703 bits per heavy atom. The zero-order valence-electron chi connectivity index (χ0n) is 39.9. The third-order valence-electron chi connectivity index (χ3n) is 13.2. The first-order valence-electron chi connectivity index (χ1n) is 22.7. The van der Waals surface area contributed by atoms with Gasteiger partial charge in [0.2, 0.25) is 0 Å². The Bertz CT molecular complexity index is 2770. The van der Waals surface area contributed by atoms with E-state index in [9.17, 15) is 0 Å². The van der Waals surface area contributed by atoms with Gasteiger partial charge in [-0.05, 0) is 163 Å². The zero-order valence-corrected chi connectivity index (χ0v) is 39.9. The van der Waals surface area contributed by atoms with Crippen LogP contribution in [0.2, 0.25) is 0 Å². The molecule has 3 aliphatic carbocycles. The van der Waals surface area contributed by atoms with Gasteiger partial charge in [0.05, 0.1) is 5.69 Å². The first kappa shape index (κ1) is 46.8. The van der Waals surface area contributed by atoms with Crippen LogP contribution in [-0.2, 0) is 5.41 Å². The van der Waals surface area contributed by atoms with Crippen molar-refractivity contribution in [3.8, 4) is 11.1 Å². The molecule has 8 rings (SSSR count). The van der Waals surface area contributed by atoms with Crippen molar-refractivity contribution in [1.29, 1.82) is 0 Å². The summed E-state index contributed by atoms with van der Waals surface area (Å²) in [5.74, 6) is 0.976. The van der Waals surface area contributed by atoms with Gasteiger partial charge in [-0.15, -0.1) is 0 Å². The van der Waals surface area contributed by atoms with Crippen LogP contribution in [0.4, 0.5) is 11.4 Å². The van der Waals surface area contributed by atoms with E-state index in [0.29, 0.717) is 11.8 Å². The maximum absolute atomic E-state index is 4.68. The molecule has 2 unspecified atom stereocenters. The summed E-state index contributed by atoms with van der Waals surface area (Å²) in [4.78, 5) is 2.39. The Hall–Kier alpha value is -6.70. The summed E-state index contributed by atoms with van der Waals surface area (Å²) in [7, 11) is 0. The van der Waals surface area contributed by atoms with Crippen LogP contribution in [0.1, 0.15) is 110 Å². The van der Waals surface area contributed by atoms with Gasteiger partial charge in [0.15, 0.2) is 0 Å². The maximum Gasteiger partial charge on any atom is 0.0543 e. The minimum Gasteiger partial charge on any atom is -0.310 e. The smallest absolute Gasteiger partial charge is 0.0543 e. The second kappa shape index (κ2) is 20.2. The van der Waals surface area contributed by atoms with Gasteiger partial charge in [0.25, 0.3) is 0 Å². The highest BCUT2D eigenvalue weighted by Gasteiger charge is 2.48. The largest absolute Gasteiger partial charge is 0.310 e. The number of benzene rings is 5. The van der Waals surface area contributed by atoms with Gasteiger partial charge in [0, 0.05) is 22.4 Å². The van der Waals surface area contributed by atoms with E-state index in [-0.39, 0.29) is 5.41 Å². The van der Waals surface area contributed by atoms with Gasteiger partial charge < -0.3 is 4.90 Å². The first-order valence-corrected chi connectivity index (χ1v) is 22.7. The SMILES string of the molecule is C/C=C\C(C)=C/C.C=C/C(=C1\C(=C)c2ccccc2C2CC12)N(c1ccccc1)c1cc2c(c(C=C)c1C=C)-c1ccc(C)cc1C2(C)C.C=C/C=C\C(=C/C)c1ccc(C)c(C)c1. The summed E-state index contributed by atoms with van der Waals surface area (Å²) < 4.78 is 0. The van der Waals surface area contributed by atoms with E-state index in [1.807, 2.05) is 44.2 Å². The number of hydrogen-bond donors (Lipinski definition) is 0. The number of hydrogen-bond acceptors (Lipinski definition) is 1. The Labute approximate surface area is 386 Å². The number of aryl methyl sites for hydroxylation is 3. The highest BCUT2D eigenvalue weighted by atomic mass is 15.2. The third-order valence-corrected chi connectivity index (χ3v) is 13.2. The lowest BCUT2D eigenvalue weighted by molar-refractivity contribution is 0.659. The molecule has 64 heavy (non-hydrogen) atoms. The highest BCUT2D eigenvalue weighted by molar-refractivity contribution is 5.97. The average molecular weight is 838 g/mol. The number of anilines is 2. The molecule has 1 fully saturated rings. The summed E-state index contributed by atoms with van der Waals surface area (Å²) in [5.41, 5.74) is 23.4. The fourth-order valence-corrected chi connectivity index (χ4v) is 9.42. The summed E-state index contributed by atoms with van der Waals surface area (Å²) in [5, 5.41) is 0. The Morgan fingerprint density at radius 2 is 1.41 bits per heavy atom. The fraction of sp³-hybridized carbons (Fsp3) is 0.206. The van der Waals surface area contributed by atoms with Gasteiger partial charge >= 0.3 is 0 Å². The van der Waals surface area contributed by atoms with Crippen LogP contribution in [0.25, 0.3) is 34.4 Å². The van der Waals surface area contributed by atoms with Crippen LogP contribution in [0.15, 0.2) is 195 Å². The van der Waals surface area contributed by atoms with E-state index in [0.717, 1.165) is 40.2 Å². The molecule has 2 atom stereocenters. The number of rotatable bonds is 10. The Morgan fingerprint density at radius 3 is 2.02 bits per heavy atom. The van der Waals surface area contributed by atoms with Crippen molar-refractivity contribution in [2.24, 2.45) is 5.92 Å². The lowest BCUT2D eigenvalue weighted by Gasteiger charge is -2.34. The standard InChI is InChI=1S/C41H37N.C15H18.C7H12/c1-8-28-29(9-2)40-32-21-20-25(4)22-35(32)41(6,7)36(40)24-38(28)42(27-16-12-11-13-17-27)37(10-3)39-26(5)30-18-14-15-19-31(30)33-23-34(33)39;1-5-7-8-14(6-2)15-10-9-12(3)13(4)11-15;1-4-6-7(3)5-2/h8-22,24,33-34H,1-3,5,23H2,4,6-7H3;5-11H,1H2,2-4H3;4-6H,1-3H3/b39-37-;8-7-,14-6+;6-4-,7-5-. The highest BCUT2D eigenvalue weighted by Crippen LogP contribution is 2.62. The molecule has 5 aromatic rings. The number of para-hydroxylation sites is 1. The van der Waals surface area contributed by atoms with Crippen molar-refractivity contribution in [3.05, 3.63) is 251 Å². The van der Waals surface area contributed by atoms with Crippen molar-refractivity contribution < 1.29 is 0 Å². The average Bonchev–Trinajstić information content (AvgIpc) is 4.07. The van der Waals surface area contributed by atoms with E-state index < -0.39 is 0 Å². The van der Waals surface area contributed by atoms with Crippen molar-refractivity contribution in [2.45, 2.75) is 80.1 Å². The molecule has 3 aliphatic rings. The van der Waals surface area contributed by atoms with Crippen LogP contribution in [-0.4, -0.2) is 0 Å². The predicted octanol–water partition coefficient (Wildman–Crippen LogP) is 18.0. The molecule has 0 bridgehead atoms. The number of nitrogens with zero attached hydrogens (tertiary/aromatic N) is 1. The van der Waals surface area contributed by atoms with Crippen molar-refractivity contribution in [3.63, 3.8) is 0 Å². The molecular formula is C63H67N. The minimum atomic E-state index is -0.165. The van der Waals surface area contributed by atoms with Crippen LogP contribution in [0, 0.1) is 26.7 Å². The molecule has 0 N–H and O–H groups in total. The zero-order chi connectivity index (χ0) is 46.3. The second-order valence-electron chi connectivity index (χ2n) is 17.6. The minimum absolute atomic E-state index is 0.165. The van der Waals surface area contributed by atoms with Crippen molar-refractivity contribution in [2.75, 3.05) is 4.90 Å². The molecule has 324 valence electrons. The van der Waals surface area contributed by atoms with Crippen molar-refractivity contribution >= 4 is 34.7 Å². The lowest BCUT2D eigenvalue weighted by atomic mass is 9.80. The van der Waals surface area contributed by atoms with E-state index in [4.69, 9.17) is 0 Å². The van der Waals surface area contributed by atoms with Gasteiger partial charge in [-0.3, -0.25) is 0 Å². The number of fused-ring (bicyclic) bond motifs is 6. The molecule has 1 heteroatoms. The Kier molecular flexibility index (Phi) is 14.8. The summed E-state index contributed by atoms with van der Waals surface area (Å²) in [6.45, 7) is 40.8. The molecule has 0 saturated heterocycles. The fourth-order valence-electron chi connectivity index (χ4n) is 9.42. The molecule has 0 spiro atoms. The lowest BCUT2D eigenvalue weighted by Crippen LogP contribution is -2.22. The van der Waals surface area contributed by atoms with E-state index in [2.05, 4.69) is 208 Å². The molecule has 0 heterocycles. The van der Waals surface area contributed by atoms with Crippen LogP contribution >= 0.6 is 0 Å². The van der Waals surface area contributed by atoms with E-state index in [1.165, 1.54) is 72.4 Å². The molecule has 5 aromatic carbocycles. The van der Waals surface area contributed by atoms with E-state index in [1.54, 1.807) is 6.08 Å². The van der Waals surface area contributed by atoms with Crippen LogP contribution in [0.3, 0.4) is 0 Å². The molecular weight excluding hydrogens is 771 g/mol. The predicted molar refractivity (Wildman–Crippen MR) is 284 cm³/mol. The molecule has 1 saturated carbocycles. The van der Waals surface area contributed by atoms with Gasteiger partial charge in [-0.25, -0.2) is 0 Å². The summed E-state index contributed by atoms with van der Waals surface area (Å²) in [6.07, 6.45) is 21.3. The third kappa shape index (κ3) is 9.18. The van der Waals surface area contributed by atoms with Gasteiger partial charge in [0.1, 0.15) is 0 Å². The topological polar surface area (TPSA) is 3.24 Å². The molecule has 0 aliphatic heterocycles. The maximum atomic E-state index is 4.68. The second-order valence-corrected chi connectivity index (χ2v) is 17.6. The number of allylic oxidation sites excluding steroid dienone is 12. The molecule has 0 radical (unpaired) electrons. The normalized spacial score (nSPS) is 17.4. The quantitative estimate of drug-likeness (QED) is 0.127. The van der Waals surface area contributed by atoms with Crippen LogP contribution < -0.4 is 4.90 Å². The summed E-state index contributed by atoms with van der Waals surface area (Å²) >= 11 is 0. The Balaban J connectivity index is 0.000000256. The van der Waals surface area contributed by atoms with Gasteiger partial charge in [-0.2, -0.15) is 0 Å². The molecule has 0 amide bonds. The molecule has 1 nitrogen and oxygen atoms in total. The van der Waals surface area contributed by atoms with E-state index >= 15 is 0 Å². The first-order chi connectivity index (χ1) is 30.8. The monoisotopic (exact) mass is 838 g/mol. The summed E-state index contributed by atoms with van der Waals surface area (Å²) in [6, 6.07) is 35.2. The van der Waals surface area contributed by atoms with Crippen LogP contribution in [0.5, 0.6) is 0 Å². The van der Waals surface area contributed by atoms with Gasteiger partial charge in [-0.1, -0.05) is 191 Å².